The number of nitrogens with zero attached hydrogens (tertiary/aromatic N) is 1. The molecular formula is C16H11Br2NO5. The van der Waals surface area contributed by atoms with Gasteiger partial charge in [0.25, 0.3) is 11.8 Å². The largest absolute Gasteiger partial charge is 0.506 e. The molecule has 2 bridgehead atoms. The van der Waals surface area contributed by atoms with Crippen molar-refractivity contribution < 1.29 is 24.3 Å². The molecule has 4 atom stereocenters. The van der Waals surface area contributed by atoms with E-state index in [2.05, 4.69) is 31.9 Å². The second-order valence-electron chi connectivity index (χ2n) is 6.10. The predicted molar refractivity (Wildman–Crippen MR) is 88.5 cm³/mol. The zero-order valence-corrected chi connectivity index (χ0v) is 15.3. The average molecular weight is 457 g/mol. The van der Waals surface area contributed by atoms with Crippen LogP contribution in [0.15, 0.2) is 33.2 Å². The Morgan fingerprint density at radius 1 is 1.08 bits per heavy atom. The van der Waals surface area contributed by atoms with E-state index in [0.29, 0.717) is 14.0 Å². The fourth-order valence-electron chi connectivity index (χ4n) is 3.83. The average Bonchev–Trinajstić information content (AvgIpc) is 3.21. The Hall–Kier alpha value is -1.67. The first kappa shape index (κ1) is 15.8. The van der Waals surface area contributed by atoms with E-state index in [1.807, 2.05) is 12.2 Å². The fourth-order valence-corrected chi connectivity index (χ4v) is 4.64. The summed E-state index contributed by atoms with van der Waals surface area (Å²) in [7, 11) is 0. The highest BCUT2D eigenvalue weighted by Gasteiger charge is 2.61. The van der Waals surface area contributed by atoms with Gasteiger partial charge in [-0.15, -0.1) is 5.06 Å². The lowest BCUT2D eigenvalue weighted by Crippen LogP contribution is -2.35. The van der Waals surface area contributed by atoms with E-state index in [-0.39, 0.29) is 23.1 Å². The van der Waals surface area contributed by atoms with Gasteiger partial charge in [0, 0.05) is 4.47 Å². The molecule has 124 valence electrons. The number of phenols is 1. The van der Waals surface area contributed by atoms with Gasteiger partial charge < -0.3 is 9.94 Å². The minimum absolute atomic E-state index is 0.0335. The third-order valence-electron chi connectivity index (χ3n) is 4.89. The van der Waals surface area contributed by atoms with Gasteiger partial charge in [0.2, 0.25) is 0 Å². The van der Waals surface area contributed by atoms with Gasteiger partial charge >= 0.3 is 5.97 Å². The summed E-state index contributed by atoms with van der Waals surface area (Å²) in [5.74, 6) is -3.09. The van der Waals surface area contributed by atoms with E-state index in [1.54, 1.807) is 12.1 Å². The lowest BCUT2D eigenvalue weighted by molar-refractivity contribution is -0.175. The topological polar surface area (TPSA) is 83.9 Å². The molecule has 1 saturated heterocycles. The number of halogens is 2. The molecule has 0 aromatic heterocycles. The van der Waals surface area contributed by atoms with Gasteiger partial charge in [0.05, 0.1) is 16.3 Å². The quantitative estimate of drug-likeness (QED) is 0.546. The number of benzene rings is 1. The first-order valence-electron chi connectivity index (χ1n) is 7.35. The summed E-state index contributed by atoms with van der Waals surface area (Å²) in [6.45, 7) is 0. The smallest absolute Gasteiger partial charge is 0.368 e. The predicted octanol–water partition coefficient (Wildman–Crippen LogP) is 2.80. The molecule has 1 saturated carbocycles. The Morgan fingerprint density at radius 2 is 1.62 bits per heavy atom. The van der Waals surface area contributed by atoms with Gasteiger partial charge in [0.1, 0.15) is 11.3 Å². The molecule has 2 fully saturated rings. The summed E-state index contributed by atoms with van der Waals surface area (Å²) >= 11 is 6.27. The molecule has 6 nitrogen and oxygen atoms in total. The Bertz CT molecular complexity index is 791. The molecule has 0 spiro atoms. The molecule has 1 aromatic rings. The van der Waals surface area contributed by atoms with Gasteiger partial charge in [-0.05, 0) is 62.2 Å². The van der Waals surface area contributed by atoms with Crippen molar-refractivity contribution in [2.45, 2.75) is 6.42 Å². The van der Waals surface area contributed by atoms with Crippen LogP contribution in [0.2, 0.25) is 0 Å². The van der Waals surface area contributed by atoms with Crippen molar-refractivity contribution in [3.8, 4) is 5.75 Å². The molecule has 1 heterocycles. The van der Waals surface area contributed by atoms with Crippen LogP contribution in [-0.2, 0) is 14.4 Å². The standard InChI is InChI=1S/C16H11Br2NO5/c17-8-3-4-9(18)13(20)12(8)16(23)24-19-14(21)10-6-1-2-7(5-6)11(10)15(19)22/h1-4,6-7,10-11,20H,5H2. The maximum absolute atomic E-state index is 12.5. The monoisotopic (exact) mass is 455 g/mol. The number of hydroxylamine groups is 2. The number of phenolic OH excluding ortho intramolecular Hbond substituents is 1. The van der Waals surface area contributed by atoms with Crippen LogP contribution in [0.5, 0.6) is 5.75 Å². The summed E-state index contributed by atoms with van der Waals surface area (Å²) in [5.41, 5.74) is -0.150. The number of fused-ring (bicyclic) bond motifs is 5. The second kappa shape index (κ2) is 5.42. The number of hydrogen-bond acceptors (Lipinski definition) is 5. The van der Waals surface area contributed by atoms with Crippen LogP contribution in [0, 0.1) is 23.7 Å². The molecule has 1 aliphatic heterocycles. The van der Waals surface area contributed by atoms with Gasteiger partial charge in [-0.3, -0.25) is 9.59 Å². The lowest BCUT2D eigenvalue weighted by atomic mass is 9.85. The van der Waals surface area contributed by atoms with Gasteiger partial charge in [0.15, 0.2) is 0 Å². The highest BCUT2D eigenvalue weighted by atomic mass is 79.9. The van der Waals surface area contributed by atoms with Gasteiger partial charge in [-0.2, -0.15) is 0 Å². The first-order valence-corrected chi connectivity index (χ1v) is 8.94. The normalized spacial score (nSPS) is 30.2. The van der Waals surface area contributed by atoms with Crippen molar-refractivity contribution in [3.63, 3.8) is 0 Å². The number of allylic oxidation sites excluding steroid dienone is 2. The molecule has 2 amide bonds. The number of hydrogen-bond donors (Lipinski definition) is 1. The maximum atomic E-state index is 12.5. The van der Waals surface area contributed by atoms with E-state index in [0.717, 1.165) is 6.42 Å². The lowest BCUT2D eigenvalue weighted by Gasteiger charge is -2.17. The molecule has 4 unspecified atom stereocenters. The number of amides is 2. The Balaban J connectivity index is 1.61. The summed E-state index contributed by atoms with van der Waals surface area (Å²) in [6, 6.07) is 3.10. The van der Waals surface area contributed by atoms with E-state index in [4.69, 9.17) is 4.84 Å². The van der Waals surface area contributed by atoms with Crippen molar-refractivity contribution in [1.29, 1.82) is 0 Å². The Morgan fingerprint density at radius 3 is 2.21 bits per heavy atom. The zero-order valence-electron chi connectivity index (χ0n) is 12.1. The molecule has 8 heteroatoms. The van der Waals surface area contributed by atoms with E-state index < -0.39 is 29.6 Å². The second-order valence-corrected chi connectivity index (χ2v) is 7.81. The van der Waals surface area contributed by atoms with Crippen LogP contribution < -0.4 is 0 Å². The van der Waals surface area contributed by atoms with Crippen LogP contribution in [-0.4, -0.2) is 28.0 Å². The minimum atomic E-state index is -0.970. The minimum Gasteiger partial charge on any atom is -0.506 e. The highest BCUT2D eigenvalue weighted by molar-refractivity contribution is 9.11. The highest BCUT2D eigenvalue weighted by Crippen LogP contribution is 2.52. The van der Waals surface area contributed by atoms with Crippen LogP contribution >= 0.6 is 31.9 Å². The first-order chi connectivity index (χ1) is 11.4. The van der Waals surface area contributed by atoms with Crippen LogP contribution in [0.25, 0.3) is 0 Å². The number of carbonyl (C=O) groups is 3. The van der Waals surface area contributed by atoms with Crippen molar-refractivity contribution in [2.24, 2.45) is 23.7 Å². The molecule has 3 aliphatic rings. The van der Waals surface area contributed by atoms with E-state index >= 15 is 0 Å². The Kier molecular flexibility index (Phi) is 3.58. The van der Waals surface area contributed by atoms with Crippen LogP contribution in [0.1, 0.15) is 16.8 Å². The molecule has 0 radical (unpaired) electrons. The molecule has 4 rings (SSSR count). The molecule has 24 heavy (non-hydrogen) atoms. The molecule has 1 aromatic carbocycles. The van der Waals surface area contributed by atoms with Crippen LogP contribution in [0.4, 0.5) is 0 Å². The van der Waals surface area contributed by atoms with Crippen molar-refractivity contribution in [2.75, 3.05) is 0 Å². The Labute approximate surface area is 153 Å². The fraction of sp³-hybridized carbons (Fsp3) is 0.312. The molecular weight excluding hydrogens is 446 g/mol. The van der Waals surface area contributed by atoms with Crippen molar-refractivity contribution in [3.05, 3.63) is 38.8 Å². The molecule has 1 N–H and O–H groups in total. The summed E-state index contributed by atoms with van der Waals surface area (Å²) in [5, 5.41) is 10.6. The summed E-state index contributed by atoms with van der Waals surface area (Å²) in [4.78, 5) is 42.4. The molecule has 2 aliphatic carbocycles. The van der Waals surface area contributed by atoms with Gasteiger partial charge in [-0.1, -0.05) is 12.2 Å². The third-order valence-corrected chi connectivity index (χ3v) is 6.19. The SMILES string of the molecule is O=C(ON1C(=O)C2C3C=CC(C3)C2C1=O)c1c(Br)ccc(Br)c1O. The summed E-state index contributed by atoms with van der Waals surface area (Å²) in [6.07, 6.45) is 4.71. The van der Waals surface area contributed by atoms with Crippen molar-refractivity contribution >= 4 is 49.6 Å². The number of aromatic hydroxyl groups is 1. The summed E-state index contributed by atoms with van der Waals surface area (Å²) < 4.78 is 0.602. The number of rotatable bonds is 2. The van der Waals surface area contributed by atoms with E-state index in [9.17, 15) is 19.5 Å². The van der Waals surface area contributed by atoms with Gasteiger partial charge in [-0.25, -0.2) is 4.79 Å². The van der Waals surface area contributed by atoms with Crippen molar-refractivity contribution in [1.82, 2.24) is 5.06 Å². The van der Waals surface area contributed by atoms with Crippen LogP contribution in [0.3, 0.4) is 0 Å². The number of carbonyl (C=O) groups excluding carboxylic acids is 3. The number of imide groups is 1. The third kappa shape index (κ3) is 2.09. The zero-order chi connectivity index (χ0) is 17.2. The maximum Gasteiger partial charge on any atom is 0.368 e. The van der Waals surface area contributed by atoms with E-state index in [1.165, 1.54) is 0 Å².